The Morgan fingerprint density at radius 1 is 1.20 bits per heavy atom. The Hall–Kier alpha value is -3.44. The fraction of sp³-hybridized carbons (Fsp3) is 0.414. The van der Waals surface area contributed by atoms with Gasteiger partial charge in [-0.2, -0.15) is 5.10 Å². The molecule has 0 spiro atoms. The zero-order valence-electron chi connectivity index (χ0n) is 23.1. The second-order valence-electron chi connectivity index (χ2n) is 11.0. The van der Waals surface area contributed by atoms with Crippen molar-refractivity contribution in [2.75, 3.05) is 20.1 Å². The van der Waals surface area contributed by atoms with E-state index in [1.54, 1.807) is 18.0 Å². The lowest BCUT2D eigenvalue weighted by atomic mass is 9.73. The molecule has 0 radical (unpaired) electrons. The van der Waals surface area contributed by atoms with Gasteiger partial charge >= 0.3 is 6.09 Å². The molecule has 2 atom stereocenters. The minimum atomic E-state index is -1.49. The molecule has 2 heterocycles. The number of aryl methyl sites for hydroxylation is 1. The van der Waals surface area contributed by atoms with E-state index >= 15 is 0 Å². The van der Waals surface area contributed by atoms with Gasteiger partial charge in [0.25, 0.3) is 5.91 Å². The number of likely N-dealkylation sites (tertiary alicyclic amines) is 1. The van der Waals surface area contributed by atoms with Gasteiger partial charge in [0.05, 0.1) is 5.71 Å². The van der Waals surface area contributed by atoms with Gasteiger partial charge in [0.2, 0.25) is 11.8 Å². The number of nitrogens with one attached hydrogen (secondary N) is 2. The first-order valence-electron chi connectivity index (χ1n) is 13.3. The van der Waals surface area contributed by atoms with Crippen LogP contribution in [-0.2, 0) is 27.2 Å². The lowest BCUT2D eigenvalue weighted by molar-refractivity contribution is -0.142. The summed E-state index contributed by atoms with van der Waals surface area (Å²) in [6.45, 7) is 3.30. The molecule has 2 aromatic rings. The van der Waals surface area contributed by atoms with Crippen molar-refractivity contribution in [2.24, 2.45) is 10.5 Å². The minimum absolute atomic E-state index is 0.116. The molecule has 0 aliphatic carbocycles. The summed E-state index contributed by atoms with van der Waals surface area (Å²) in [6, 6.07) is 14.1. The van der Waals surface area contributed by atoms with Crippen LogP contribution >= 0.6 is 27.5 Å². The number of hydrogen-bond acceptors (Lipinski definition) is 5. The lowest BCUT2D eigenvalue weighted by Gasteiger charge is -2.41. The fourth-order valence-electron chi connectivity index (χ4n) is 5.38. The van der Waals surface area contributed by atoms with Crippen LogP contribution in [-0.4, -0.2) is 76.3 Å². The van der Waals surface area contributed by atoms with Crippen molar-refractivity contribution in [3.8, 4) is 0 Å². The third-order valence-corrected chi connectivity index (χ3v) is 8.42. The number of benzene rings is 2. The van der Waals surface area contributed by atoms with E-state index < -0.39 is 29.0 Å². The first kappa shape index (κ1) is 30.5. The van der Waals surface area contributed by atoms with E-state index in [1.165, 1.54) is 18.9 Å². The molecule has 2 aromatic carbocycles. The Bertz CT molecular complexity index is 1380. The van der Waals surface area contributed by atoms with Crippen LogP contribution in [0.5, 0.6) is 0 Å². The Morgan fingerprint density at radius 2 is 1.90 bits per heavy atom. The van der Waals surface area contributed by atoms with Gasteiger partial charge in [0.1, 0.15) is 17.0 Å². The first-order chi connectivity index (χ1) is 19.3. The van der Waals surface area contributed by atoms with Crippen LogP contribution in [0.25, 0.3) is 0 Å². The molecule has 12 heteroatoms. The third-order valence-electron chi connectivity index (χ3n) is 7.57. The molecule has 218 valence electrons. The highest BCUT2D eigenvalue weighted by Gasteiger charge is 2.54. The van der Waals surface area contributed by atoms with Gasteiger partial charge in [0.15, 0.2) is 0 Å². The Labute approximate surface area is 252 Å². The summed E-state index contributed by atoms with van der Waals surface area (Å²) in [5.74, 6) is -1.18. The van der Waals surface area contributed by atoms with Crippen molar-refractivity contribution in [2.45, 2.75) is 51.1 Å². The Balaban J connectivity index is 1.61. The van der Waals surface area contributed by atoms with Crippen molar-refractivity contribution in [1.29, 1.82) is 0 Å². The van der Waals surface area contributed by atoms with Crippen LogP contribution in [0.1, 0.15) is 37.8 Å². The molecular formula is C29H33BrClN5O5. The molecule has 3 N–H and O–H groups in total. The smallest absolute Gasteiger partial charge is 0.405 e. The number of halogens is 2. The number of carboxylic acid groups (broad SMARTS) is 1. The van der Waals surface area contributed by atoms with Gasteiger partial charge in [0, 0.05) is 36.1 Å². The largest absolute Gasteiger partial charge is 0.465 e. The van der Waals surface area contributed by atoms with Crippen molar-refractivity contribution in [1.82, 2.24) is 20.5 Å². The SMILES string of the molecule is CN1N=C2CCN(C(=O)C(CCc3ccc(Br)cc3Cl)NC(=O)C(C)(C)NC(=O)O)CC2(Cc2ccccc2)C1=O. The summed E-state index contributed by atoms with van der Waals surface area (Å²) in [5, 5.41) is 20.5. The van der Waals surface area contributed by atoms with E-state index in [0.717, 1.165) is 21.3 Å². The molecule has 4 rings (SSSR count). The maximum atomic E-state index is 14.1. The first-order valence-corrected chi connectivity index (χ1v) is 14.4. The summed E-state index contributed by atoms with van der Waals surface area (Å²) < 4.78 is 0.814. The number of hydrazone groups is 1. The molecule has 2 aliphatic heterocycles. The fourth-order valence-corrected chi connectivity index (χ4v) is 6.15. The minimum Gasteiger partial charge on any atom is -0.465 e. The molecule has 2 unspecified atom stereocenters. The predicted octanol–water partition coefficient (Wildman–Crippen LogP) is 3.86. The van der Waals surface area contributed by atoms with Crippen LogP contribution in [0, 0.1) is 5.41 Å². The van der Waals surface area contributed by atoms with Crippen molar-refractivity contribution in [3.05, 3.63) is 69.2 Å². The van der Waals surface area contributed by atoms with E-state index in [-0.39, 0.29) is 24.8 Å². The molecule has 1 fully saturated rings. The van der Waals surface area contributed by atoms with Gasteiger partial charge in [-0.1, -0.05) is 63.9 Å². The van der Waals surface area contributed by atoms with E-state index in [9.17, 15) is 24.3 Å². The molecule has 1 saturated heterocycles. The van der Waals surface area contributed by atoms with Gasteiger partial charge in [-0.3, -0.25) is 14.4 Å². The Kier molecular flexibility index (Phi) is 9.08. The summed E-state index contributed by atoms with van der Waals surface area (Å²) >= 11 is 9.81. The number of carbonyl (C=O) groups excluding carboxylic acids is 3. The molecule has 4 amide bonds. The van der Waals surface area contributed by atoms with E-state index in [2.05, 4.69) is 31.7 Å². The maximum absolute atomic E-state index is 14.1. The number of hydrogen-bond donors (Lipinski definition) is 3. The Morgan fingerprint density at radius 3 is 2.56 bits per heavy atom. The van der Waals surface area contributed by atoms with Crippen molar-refractivity contribution >= 4 is 57.1 Å². The van der Waals surface area contributed by atoms with Crippen molar-refractivity contribution < 1.29 is 24.3 Å². The lowest BCUT2D eigenvalue weighted by Crippen LogP contribution is -2.61. The number of fused-ring (bicyclic) bond motifs is 1. The number of carbonyl (C=O) groups is 4. The van der Waals surface area contributed by atoms with Crippen LogP contribution in [0.3, 0.4) is 0 Å². The van der Waals surface area contributed by atoms with Crippen molar-refractivity contribution in [3.63, 3.8) is 0 Å². The molecule has 0 bridgehead atoms. The highest BCUT2D eigenvalue weighted by molar-refractivity contribution is 9.10. The van der Waals surface area contributed by atoms with Crippen LogP contribution in [0.15, 0.2) is 58.1 Å². The molecular weight excluding hydrogens is 614 g/mol. The highest BCUT2D eigenvalue weighted by Crippen LogP contribution is 2.38. The molecule has 2 aliphatic rings. The summed E-state index contributed by atoms with van der Waals surface area (Å²) in [6.07, 6.45) is 0.0453. The topological polar surface area (TPSA) is 131 Å². The number of piperidine rings is 1. The maximum Gasteiger partial charge on any atom is 0.405 e. The normalized spacial score (nSPS) is 19.3. The monoisotopic (exact) mass is 645 g/mol. The molecule has 41 heavy (non-hydrogen) atoms. The molecule has 0 aromatic heterocycles. The van der Waals surface area contributed by atoms with Crippen LogP contribution < -0.4 is 10.6 Å². The number of amides is 4. The zero-order chi connectivity index (χ0) is 29.9. The second kappa shape index (κ2) is 12.2. The summed E-state index contributed by atoms with van der Waals surface area (Å²) in [4.78, 5) is 53.7. The predicted molar refractivity (Wildman–Crippen MR) is 159 cm³/mol. The van der Waals surface area contributed by atoms with E-state index in [4.69, 9.17) is 11.6 Å². The summed E-state index contributed by atoms with van der Waals surface area (Å²) in [5.41, 5.74) is 0.00455. The quantitative estimate of drug-likeness (QED) is 0.381. The zero-order valence-corrected chi connectivity index (χ0v) is 25.5. The van der Waals surface area contributed by atoms with Gasteiger partial charge in [-0.05, 0) is 56.4 Å². The second-order valence-corrected chi connectivity index (χ2v) is 12.3. The molecule has 10 nitrogen and oxygen atoms in total. The average Bonchev–Trinajstić information content (AvgIpc) is 3.15. The number of nitrogens with zero attached hydrogens (tertiary/aromatic N) is 3. The summed E-state index contributed by atoms with van der Waals surface area (Å²) in [7, 11) is 1.62. The standard InChI is InChI=1S/C29H33BrClN5O5/c1-28(2,33-27(40)41)25(38)32-22(12-10-19-9-11-20(30)15-21(19)31)24(37)36-14-13-23-29(17-36,26(39)35(3)34-23)16-18-7-5-4-6-8-18/h4-9,11,15,22,33H,10,12-14,16-17H2,1-3H3,(H,32,38)(H,40,41). The van der Waals surface area contributed by atoms with Crippen LogP contribution in [0.4, 0.5) is 4.79 Å². The number of rotatable bonds is 9. The van der Waals surface area contributed by atoms with Crippen LogP contribution in [0.2, 0.25) is 5.02 Å². The van der Waals surface area contributed by atoms with E-state index in [0.29, 0.717) is 30.8 Å². The van der Waals surface area contributed by atoms with Gasteiger partial charge in [-0.25, -0.2) is 9.80 Å². The average molecular weight is 647 g/mol. The highest BCUT2D eigenvalue weighted by atomic mass is 79.9. The molecule has 0 saturated carbocycles. The van der Waals surface area contributed by atoms with Gasteiger partial charge in [-0.15, -0.1) is 0 Å². The van der Waals surface area contributed by atoms with Gasteiger partial charge < -0.3 is 20.6 Å². The third kappa shape index (κ3) is 6.73. The van der Waals surface area contributed by atoms with E-state index in [1.807, 2.05) is 42.5 Å².